The largest absolute Gasteiger partial charge is 0.496 e. The van der Waals surface area contributed by atoms with Crippen LogP contribution in [-0.2, 0) is 27.3 Å². The van der Waals surface area contributed by atoms with Gasteiger partial charge >= 0.3 is 6.18 Å². The normalized spacial score (nSPS) is 11.0. The van der Waals surface area contributed by atoms with Gasteiger partial charge in [0.05, 0.1) is 83.7 Å². The average molecular weight is 1100 g/mol. The molecule has 0 amide bonds. The third-order valence-corrected chi connectivity index (χ3v) is 11.9. The molecule has 77 heavy (non-hydrogen) atoms. The summed E-state index contributed by atoms with van der Waals surface area (Å²) in [5, 5.41) is 27.8. The topological polar surface area (TPSA) is 266 Å². The standard InChI is InChI=1S/C14H12N4O.C13H12N4O.C13H12N4.C6H3F3N4.C5H3BrN4/c1-9(19)10-5-3-4-6-11(10)13-12-7-17-18(2)14(12)16-8-15-13;1-17-13-10(7-16-17)12(14-8-15-13)9-5-3-4-6-11(9)18-2;1-9-5-3-4-6-10(9)12-11-7-16-17(2)13(11)15-8-14-12;7-6(8,9)4-2-10-5-3(12-4)1-11-13-5;6-4-2-7-5-3(9-4)1-8-10-5/h3-8H,1-2H3;3-8H,1-2H3;3-8H,1-2H3;1-2H,(H,10,11,13);1-2H,(H,7,8,10). The number of ether oxygens (including phenoxy) is 1. The van der Waals surface area contributed by atoms with Gasteiger partial charge in [0.15, 0.2) is 39.7 Å². The maximum Gasteiger partial charge on any atom is 0.434 e. The van der Waals surface area contributed by atoms with Gasteiger partial charge in [0.1, 0.15) is 40.4 Å². The Labute approximate surface area is 442 Å². The van der Waals surface area contributed by atoms with Gasteiger partial charge in [-0.15, -0.1) is 0 Å². The molecule has 13 rings (SSSR count). The van der Waals surface area contributed by atoms with Gasteiger partial charge < -0.3 is 4.74 Å². The van der Waals surface area contributed by atoms with Crippen LogP contribution in [0, 0.1) is 6.92 Å². The number of aryl methyl sites for hydroxylation is 4. The Kier molecular flexibility index (Phi) is 15.4. The smallest absolute Gasteiger partial charge is 0.434 e. The van der Waals surface area contributed by atoms with E-state index in [0.717, 1.165) is 82.7 Å². The number of aromatic nitrogens is 20. The molecule has 0 aliphatic heterocycles. The van der Waals surface area contributed by atoms with E-state index < -0.39 is 11.9 Å². The number of alkyl halides is 3. The Hall–Kier alpha value is -9.85. The molecule has 3 aromatic carbocycles. The number of hydrogen-bond acceptors (Lipinski definition) is 17. The minimum atomic E-state index is -4.46. The molecule has 0 atom stereocenters. The number of rotatable bonds is 5. The summed E-state index contributed by atoms with van der Waals surface area (Å²) in [6.45, 7) is 3.64. The summed E-state index contributed by atoms with van der Waals surface area (Å²) in [4.78, 5) is 52.4. The Morgan fingerprint density at radius 2 is 1.01 bits per heavy atom. The molecule has 0 aliphatic rings. The third-order valence-electron chi connectivity index (χ3n) is 11.5. The van der Waals surface area contributed by atoms with Gasteiger partial charge in [-0.25, -0.2) is 49.8 Å². The van der Waals surface area contributed by atoms with Crippen molar-refractivity contribution in [3.05, 3.63) is 157 Å². The number of nitrogens with one attached hydrogen (secondary N) is 2. The van der Waals surface area contributed by atoms with Crippen LogP contribution in [0.25, 0.3) is 89.2 Å². The molecular formula is C51H42BrF3N20O2. The maximum absolute atomic E-state index is 12.1. The Bertz CT molecular complexity index is 4190. The number of hydrogen-bond donors (Lipinski definition) is 2. The number of nitrogens with zero attached hydrogens (tertiary/aromatic N) is 18. The molecule has 2 N–H and O–H groups in total. The van der Waals surface area contributed by atoms with E-state index in [-0.39, 0.29) is 16.9 Å². The first kappa shape index (κ1) is 52.0. The SMILES string of the molecule is Brc1cnc2[nH]ncc2n1.CC(=O)c1ccccc1-c1ncnc2c1cnn2C.COc1ccccc1-c1ncnc2c1cnn2C.Cc1ccccc1-c1ncnc2c1cnn2C.FC(F)(F)c1cnc2[nH]ncc2n1. The van der Waals surface area contributed by atoms with Crippen molar-refractivity contribution >= 4 is 77.1 Å². The predicted molar refractivity (Wildman–Crippen MR) is 283 cm³/mol. The number of para-hydroxylation sites is 1. The van der Waals surface area contributed by atoms with Crippen LogP contribution in [-0.4, -0.2) is 112 Å². The Balaban J connectivity index is 0.000000119. The molecular weight excluding hydrogens is 1060 g/mol. The van der Waals surface area contributed by atoms with Crippen LogP contribution in [0.3, 0.4) is 0 Å². The number of carbonyl (C=O) groups is 1. The number of Topliss-reactive ketones (excluding diaryl/α,β-unsaturated/α-hetero) is 1. The van der Waals surface area contributed by atoms with Crippen LogP contribution in [0.5, 0.6) is 5.75 Å². The summed E-state index contributed by atoms with van der Waals surface area (Å²) in [5.74, 6) is 0.813. The number of methoxy groups -OCH3 is 1. The van der Waals surface area contributed by atoms with E-state index >= 15 is 0 Å². The van der Waals surface area contributed by atoms with Crippen LogP contribution >= 0.6 is 15.9 Å². The minimum absolute atomic E-state index is 0.0197. The van der Waals surface area contributed by atoms with E-state index in [9.17, 15) is 18.0 Å². The van der Waals surface area contributed by atoms with Crippen molar-refractivity contribution in [1.82, 2.24) is 99.6 Å². The number of carbonyl (C=O) groups excluding carboxylic acids is 1. The van der Waals surface area contributed by atoms with Gasteiger partial charge in [0, 0.05) is 43.4 Å². The molecule has 22 nitrogen and oxygen atoms in total. The first-order chi connectivity index (χ1) is 37.2. The first-order valence-electron chi connectivity index (χ1n) is 22.9. The molecule has 0 unspecified atom stereocenters. The lowest BCUT2D eigenvalue weighted by molar-refractivity contribution is -0.141. The minimum Gasteiger partial charge on any atom is -0.496 e. The van der Waals surface area contributed by atoms with E-state index in [1.807, 2.05) is 88.0 Å². The third kappa shape index (κ3) is 11.5. The van der Waals surface area contributed by atoms with E-state index in [0.29, 0.717) is 17.4 Å². The van der Waals surface area contributed by atoms with E-state index in [4.69, 9.17) is 4.74 Å². The Morgan fingerprint density at radius 3 is 1.53 bits per heavy atom. The maximum atomic E-state index is 12.1. The summed E-state index contributed by atoms with van der Waals surface area (Å²) in [5.41, 5.74) is 10.5. The van der Waals surface area contributed by atoms with Crippen LogP contribution < -0.4 is 4.74 Å². The van der Waals surface area contributed by atoms with Crippen molar-refractivity contribution in [2.45, 2.75) is 20.0 Å². The summed E-state index contributed by atoms with van der Waals surface area (Å²) in [6.07, 6.45) is 10.6. The van der Waals surface area contributed by atoms with Gasteiger partial charge in [-0.1, -0.05) is 60.7 Å². The number of halogens is 4. The quantitative estimate of drug-likeness (QED) is 0.152. The zero-order valence-electron chi connectivity index (χ0n) is 41.6. The van der Waals surface area contributed by atoms with Crippen molar-refractivity contribution in [3.63, 3.8) is 0 Å². The zero-order valence-corrected chi connectivity index (χ0v) is 43.2. The molecule has 13 aromatic rings. The highest BCUT2D eigenvalue weighted by Gasteiger charge is 2.33. The number of benzene rings is 3. The lowest BCUT2D eigenvalue weighted by Crippen LogP contribution is -2.08. The second kappa shape index (κ2) is 22.7. The van der Waals surface area contributed by atoms with Crippen molar-refractivity contribution in [2.75, 3.05) is 7.11 Å². The van der Waals surface area contributed by atoms with Gasteiger partial charge in [-0.3, -0.25) is 29.0 Å². The van der Waals surface area contributed by atoms with Crippen LogP contribution in [0.15, 0.2) is 140 Å². The molecule has 0 fully saturated rings. The molecule has 0 saturated carbocycles. The van der Waals surface area contributed by atoms with Crippen LogP contribution in [0.2, 0.25) is 0 Å². The lowest BCUT2D eigenvalue weighted by atomic mass is 10.00. The number of fused-ring (bicyclic) bond motifs is 5. The second-order valence-corrected chi connectivity index (χ2v) is 17.3. The lowest BCUT2D eigenvalue weighted by Gasteiger charge is -2.07. The van der Waals surface area contributed by atoms with E-state index in [1.165, 1.54) is 18.1 Å². The molecule has 0 bridgehead atoms. The first-order valence-corrected chi connectivity index (χ1v) is 23.7. The zero-order chi connectivity index (χ0) is 54.2. The molecule has 10 heterocycles. The van der Waals surface area contributed by atoms with Crippen LogP contribution in [0.1, 0.15) is 28.5 Å². The molecule has 10 aromatic heterocycles. The fourth-order valence-electron chi connectivity index (χ4n) is 7.79. The fourth-order valence-corrected chi connectivity index (χ4v) is 8.08. The average Bonchev–Trinajstić information content (AvgIpc) is 4.32. The monoisotopic (exact) mass is 1100 g/mol. The summed E-state index contributed by atoms with van der Waals surface area (Å²) < 4.78 is 47.5. The number of ketones is 1. The molecule has 0 radical (unpaired) electrons. The molecule has 386 valence electrons. The van der Waals surface area contributed by atoms with Crippen molar-refractivity contribution < 1.29 is 22.7 Å². The van der Waals surface area contributed by atoms with Gasteiger partial charge in [0.25, 0.3) is 0 Å². The molecule has 26 heteroatoms. The highest BCUT2D eigenvalue weighted by atomic mass is 79.9. The highest BCUT2D eigenvalue weighted by molar-refractivity contribution is 9.10. The number of aromatic amines is 2. The predicted octanol–water partition coefficient (Wildman–Crippen LogP) is 9.10. The second-order valence-electron chi connectivity index (χ2n) is 16.5. The summed E-state index contributed by atoms with van der Waals surface area (Å²) in [7, 11) is 7.23. The van der Waals surface area contributed by atoms with Crippen molar-refractivity contribution in [2.24, 2.45) is 21.1 Å². The molecule has 0 spiro atoms. The molecule has 0 aliphatic carbocycles. The fraction of sp³-hybridized carbons (Fsp3) is 0.137. The van der Waals surface area contributed by atoms with Crippen LogP contribution in [0.4, 0.5) is 13.2 Å². The highest BCUT2D eigenvalue weighted by Crippen LogP contribution is 2.33. The Morgan fingerprint density at radius 1 is 0.558 bits per heavy atom. The van der Waals surface area contributed by atoms with E-state index in [1.54, 1.807) is 65.5 Å². The number of H-pyrrole nitrogens is 2. The van der Waals surface area contributed by atoms with Gasteiger partial charge in [-0.05, 0) is 47.5 Å². The van der Waals surface area contributed by atoms with Gasteiger partial charge in [-0.2, -0.15) is 38.7 Å². The van der Waals surface area contributed by atoms with E-state index in [2.05, 4.69) is 121 Å². The van der Waals surface area contributed by atoms with Crippen molar-refractivity contribution in [3.8, 4) is 39.5 Å². The van der Waals surface area contributed by atoms with Gasteiger partial charge in [0.2, 0.25) is 0 Å². The summed E-state index contributed by atoms with van der Waals surface area (Å²) in [6, 6.07) is 23.4. The molecule has 0 saturated heterocycles. The van der Waals surface area contributed by atoms with Crippen molar-refractivity contribution in [1.29, 1.82) is 0 Å². The summed E-state index contributed by atoms with van der Waals surface area (Å²) >= 11 is 3.20.